The molecule has 0 spiro atoms. The number of carboxylic acid groups (broad SMARTS) is 1. The van der Waals surface area contributed by atoms with Gasteiger partial charge in [0.2, 0.25) is 0 Å². The molecule has 0 aliphatic carbocycles. The van der Waals surface area contributed by atoms with Crippen LogP contribution >= 0.6 is 22.9 Å². The van der Waals surface area contributed by atoms with E-state index in [0.717, 1.165) is 11.3 Å². The first-order chi connectivity index (χ1) is 15.8. The fourth-order valence-corrected chi connectivity index (χ4v) is 5.04. The van der Waals surface area contributed by atoms with Crippen molar-refractivity contribution >= 4 is 45.7 Å². The third-order valence-corrected chi connectivity index (χ3v) is 6.86. The highest BCUT2D eigenvalue weighted by Gasteiger charge is 2.33. The van der Waals surface area contributed by atoms with Gasteiger partial charge in [0.1, 0.15) is 4.88 Å². The van der Waals surface area contributed by atoms with E-state index in [2.05, 4.69) is 20.6 Å². The molecule has 4 N–H and O–H groups in total. The van der Waals surface area contributed by atoms with E-state index in [1.165, 1.54) is 0 Å². The molecule has 12 heteroatoms. The van der Waals surface area contributed by atoms with Crippen molar-refractivity contribution in [1.29, 1.82) is 0 Å². The minimum absolute atomic E-state index is 0.000706. The van der Waals surface area contributed by atoms with Crippen LogP contribution in [-0.4, -0.2) is 71.2 Å². The van der Waals surface area contributed by atoms with Crippen molar-refractivity contribution in [3.63, 3.8) is 0 Å². The number of hydrogen-bond acceptors (Lipinski definition) is 7. The average Bonchev–Trinajstić information content (AvgIpc) is 3.39. The zero-order chi connectivity index (χ0) is 24.1. The predicted molar refractivity (Wildman–Crippen MR) is 126 cm³/mol. The summed E-state index contributed by atoms with van der Waals surface area (Å²) >= 11 is 7.11. The maximum Gasteiger partial charge on any atom is 0.346 e. The molecule has 1 fully saturated rings. The number of thiophene rings is 1. The molecule has 0 radical (unpaired) electrons. The number of aromatic amines is 1. The van der Waals surface area contributed by atoms with E-state index >= 15 is 0 Å². The molecule has 2 aromatic heterocycles. The number of piperidine rings is 1. The van der Waals surface area contributed by atoms with E-state index in [9.17, 15) is 19.5 Å². The summed E-state index contributed by atoms with van der Waals surface area (Å²) in [6.07, 6.45) is 0.880. The third kappa shape index (κ3) is 5.66. The van der Waals surface area contributed by atoms with Crippen LogP contribution in [0.3, 0.4) is 0 Å². The molecule has 0 saturated carbocycles. The Morgan fingerprint density at radius 3 is 2.70 bits per heavy atom. The highest BCUT2D eigenvalue weighted by atomic mass is 35.5. The summed E-state index contributed by atoms with van der Waals surface area (Å²) in [4.78, 5) is 45.7. The Kier molecular flexibility index (Phi) is 8.33. The number of hydrogen-bond donors (Lipinski definition) is 4. The van der Waals surface area contributed by atoms with Crippen LogP contribution in [0.2, 0.25) is 5.15 Å². The molecular weight excluding hydrogens is 470 g/mol. The lowest BCUT2D eigenvalue weighted by Gasteiger charge is -2.39. The molecule has 10 nitrogen and oxygen atoms in total. The molecule has 33 heavy (non-hydrogen) atoms. The fourth-order valence-electron chi connectivity index (χ4n) is 3.75. The van der Waals surface area contributed by atoms with Crippen molar-refractivity contribution in [3.8, 4) is 0 Å². The maximum atomic E-state index is 12.7. The van der Waals surface area contributed by atoms with Crippen molar-refractivity contribution in [3.05, 3.63) is 33.2 Å². The van der Waals surface area contributed by atoms with Crippen LogP contribution in [0.1, 0.15) is 63.5 Å². The monoisotopic (exact) mass is 497 g/mol. The van der Waals surface area contributed by atoms with Gasteiger partial charge < -0.3 is 30.4 Å². The van der Waals surface area contributed by atoms with Gasteiger partial charge in [0.05, 0.1) is 28.4 Å². The minimum Gasteiger partial charge on any atom is -0.477 e. The molecule has 1 aliphatic rings. The van der Waals surface area contributed by atoms with Crippen molar-refractivity contribution in [2.75, 3.05) is 31.1 Å². The minimum atomic E-state index is -1.14. The number of halogens is 1. The molecule has 2 aromatic rings. The number of H-pyrrole nitrogens is 1. The SMILES string of the molecule is CCNC(=O)c1cc(N2CC[C@@H](NC(=O)c3nc(Cl)c(CC)[nH]3)[C@@H](OCC)C2)sc1C(=O)O. The van der Waals surface area contributed by atoms with Gasteiger partial charge in [-0.25, -0.2) is 9.78 Å². The second-order valence-corrected chi connectivity index (χ2v) is 8.90. The molecule has 0 bridgehead atoms. The second-order valence-electron chi connectivity index (χ2n) is 7.51. The first-order valence-electron chi connectivity index (χ1n) is 10.9. The normalized spacial score (nSPS) is 18.2. The molecule has 0 aromatic carbocycles. The first-order valence-corrected chi connectivity index (χ1v) is 12.0. The number of rotatable bonds is 9. The lowest BCUT2D eigenvalue weighted by molar-refractivity contribution is 0.0273. The summed E-state index contributed by atoms with van der Waals surface area (Å²) in [7, 11) is 0. The molecule has 2 amide bonds. The van der Waals surface area contributed by atoms with Gasteiger partial charge in [-0.15, -0.1) is 11.3 Å². The van der Waals surface area contributed by atoms with E-state index < -0.39 is 11.9 Å². The van der Waals surface area contributed by atoms with Gasteiger partial charge in [0.15, 0.2) is 11.0 Å². The van der Waals surface area contributed by atoms with E-state index in [1.807, 2.05) is 18.7 Å². The lowest BCUT2D eigenvalue weighted by atomic mass is 10.0. The fraction of sp³-hybridized carbons (Fsp3) is 0.524. The van der Waals surface area contributed by atoms with Crippen molar-refractivity contribution in [2.24, 2.45) is 0 Å². The van der Waals surface area contributed by atoms with Crippen LogP contribution in [0.4, 0.5) is 5.00 Å². The Balaban J connectivity index is 1.75. The number of ether oxygens (including phenoxy) is 1. The maximum absolute atomic E-state index is 12.7. The summed E-state index contributed by atoms with van der Waals surface area (Å²) in [5.41, 5.74) is 0.849. The Labute approximate surface area is 200 Å². The van der Waals surface area contributed by atoms with Gasteiger partial charge in [-0.05, 0) is 32.8 Å². The van der Waals surface area contributed by atoms with Gasteiger partial charge in [0.25, 0.3) is 11.8 Å². The number of carbonyl (C=O) groups excluding carboxylic acids is 2. The average molecular weight is 498 g/mol. The molecule has 180 valence electrons. The van der Waals surface area contributed by atoms with Crippen LogP contribution in [0.5, 0.6) is 0 Å². The Morgan fingerprint density at radius 1 is 1.33 bits per heavy atom. The lowest BCUT2D eigenvalue weighted by Crippen LogP contribution is -2.55. The highest BCUT2D eigenvalue weighted by Crippen LogP contribution is 2.33. The van der Waals surface area contributed by atoms with Gasteiger partial charge >= 0.3 is 5.97 Å². The summed E-state index contributed by atoms with van der Waals surface area (Å²) in [6.45, 7) is 7.41. The van der Waals surface area contributed by atoms with Crippen LogP contribution in [0, 0.1) is 0 Å². The van der Waals surface area contributed by atoms with Gasteiger partial charge in [-0.1, -0.05) is 18.5 Å². The number of nitrogens with one attached hydrogen (secondary N) is 3. The quantitative estimate of drug-likeness (QED) is 0.418. The number of carbonyl (C=O) groups is 3. The third-order valence-electron chi connectivity index (χ3n) is 5.36. The Bertz CT molecular complexity index is 1020. The standard InChI is InChI=1S/C21H28ClN5O5S/c1-4-12-17(22)26-18(24-12)20(29)25-13-7-8-27(10-14(13)32-6-3)15-9-11(19(28)23-5-2)16(33-15)21(30)31/h9,13-14H,4-8,10H2,1-3H3,(H,23,28)(H,24,26)(H,25,29)(H,30,31)/t13-,14+/m1/s1. The number of carboxylic acids is 1. The molecule has 2 atom stereocenters. The highest BCUT2D eigenvalue weighted by molar-refractivity contribution is 7.18. The zero-order valence-corrected chi connectivity index (χ0v) is 20.3. The van der Waals surface area contributed by atoms with Crippen molar-refractivity contribution in [2.45, 2.75) is 45.8 Å². The van der Waals surface area contributed by atoms with E-state index in [-0.39, 0.29) is 39.5 Å². The van der Waals surface area contributed by atoms with Crippen molar-refractivity contribution < 1.29 is 24.2 Å². The van der Waals surface area contributed by atoms with Gasteiger partial charge in [0, 0.05) is 26.2 Å². The Hall–Kier alpha value is -2.63. The zero-order valence-electron chi connectivity index (χ0n) is 18.7. The molecule has 3 heterocycles. The number of nitrogens with zero attached hydrogens (tertiary/aromatic N) is 2. The number of amides is 2. The summed E-state index contributed by atoms with van der Waals surface area (Å²) in [5.74, 6) is -1.75. The summed E-state index contributed by atoms with van der Waals surface area (Å²) < 4.78 is 5.90. The number of aryl methyl sites for hydroxylation is 1. The van der Waals surface area contributed by atoms with E-state index in [4.69, 9.17) is 16.3 Å². The molecular formula is C21H28ClN5O5S. The molecule has 0 unspecified atom stereocenters. The number of imidazole rings is 1. The number of aromatic carboxylic acids is 1. The van der Waals surface area contributed by atoms with E-state index in [0.29, 0.717) is 49.8 Å². The van der Waals surface area contributed by atoms with Crippen LogP contribution < -0.4 is 15.5 Å². The van der Waals surface area contributed by atoms with Crippen LogP contribution in [0.25, 0.3) is 0 Å². The van der Waals surface area contributed by atoms with Crippen LogP contribution in [-0.2, 0) is 11.2 Å². The van der Waals surface area contributed by atoms with Gasteiger partial charge in [-0.2, -0.15) is 0 Å². The van der Waals surface area contributed by atoms with E-state index in [1.54, 1.807) is 13.0 Å². The summed E-state index contributed by atoms with van der Waals surface area (Å²) in [6, 6.07) is 1.35. The molecule has 1 aliphatic heterocycles. The van der Waals surface area contributed by atoms with Crippen LogP contribution in [0.15, 0.2) is 6.07 Å². The second kappa shape index (κ2) is 11.0. The molecule has 1 saturated heterocycles. The van der Waals surface area contributed by atoms with Gasteiger partial charge in [-0.3, -0.25) is 9.59 Å². The smallest absolute Gasteiger partial charge is 0.346 e. The number of aromatic nitrogens is 2. The van der Waals surface area contributed by atoms with Crippen molar-refractivity contribution in [1.82, 2.24) is 20.6 Å². The number of anilines is 1. The predicted octanol–water partition coefficient (Wildman–Crippen LogP) is 2.55. The first kappa shape index (κ1) is 25.0. The topological polar surface area (TPSA) is 137 Å². The molecule has 3 rings (SSSR count). The Morgan fingerprint density at radius 2 is 2.09 bits per heavy atom. The largest absolute Gasteiger partial charge is 0.477 e. The summed E-state index contributed by atoms with van der Waals surface area (Å²) in [5, 5.41) is 16.1.